The van der Waals surface area contributed by atoms with Crippen molar-refractivity contribution in [2.45, 2.75) is 12.5 Å². The molecule has 1 N–H and O–H groups in total. The Labute approximate surface area is 140 Å². The molecule has 2 aromatic carbocycles. The van der Waals surface area contributed by atoms with Gasteiger partial charge in [0.15, 0.2) is 0 Å². The van der Waals surface area contributed by atoms with Crippen molar-refractivity contribution in [1.29, 1.82) is 0 Å². The number of carbonyl (C=O) groups excluding carboxylic acids is 2. The lowest BCUT2D eigenvalue weighted by molar-refractivity contribution is -0.121. The number of benzene rings is 2. The fourth-order valence-electron chi connectivity index (χ4n) is 2.72. The number of ether oxygens (including phenoxy) is 2. The number of methoxy groups -OCH3 is 2. The number of hydrogen-bond donors (Lipinski definition) is 1. The van der Waals surface area contributed by atoms with Crippen LogP contribution in [0.25, 0.3) is 0 Å². The van der Waals surface area contributed by atoms with E-state index >= 15 is 0 Å². The fourth-order valence-corrected chi connectivity index (χ4v) is 2.72. The Hall–Kier alpha value is -3.02. The number of carbonyl (C=O) groups is 2. The average Bonchev–Trinajstić information content (AvgIpc) is 2.89. The summed E-state index contributed by atoms with van der Waals surface area (Å²) in [6.07, 6.45) is 0.0914. The molecule has 0 bridgehead atoms. The number of rotatable bonds is 5. The summed E-state index contributed by atoms with van der Waals surface area (Å²) in [5.74, 6) is 0.673. The number of hydrogen-bond acceptors (Lipinski definition) is 5. The van der Waals surface area contributed by atoms with E-state index in [4.69, 9.17) is 9.47 Å². The number of anilines is 2. The summed E-state index contributed by atoms with van der Waals surface area (Å²) in [7, 11) is 3.10. The van der Waals surface area contributed by atoms with Crippen molar-refractivity contribution in [2.75, 3.05) is 24.4 Å². The summed E-state index contributed by atoms with van der Waals surface area (Å²) >= 11 is 0. The molecule has 2 amide bonds. The molecule has 6 heteroatoms. The Bertz CT molecular complexity index is 775. The third-order valence-electron chi connectivity index (χ3n) is 3.89. The summed E-state index contributed by atoms with van der Waals surface area (Å²) in [5, 5.41) is 3.10. The molecular weight excluding hydrogens is 308 g/mol. The lowest BCUT2D eigenvalue weighted by atomic mass is 10.2. The Morgan fingerprint density at radius 1 is 1.04 bits per heavy atom. The van der Waals surface area contributed by atoms with Gasteiger partial charge in [-0.25, -0.2) is 4.90 Å². The van der Waals surface area contributed by atoms with Gasteiger partial charge in [-0.1, -0.05) is 18.2 Å². The molecule has 1 saturated heterocycles. The van der Waals surface area contributed by atoms with Gasteiger partial charge >= 0.3 is 0 Å². The van der Waals surface area contributed by atoms with Crippen LogP contribution in [0.5, 0.6) is 11.5 Å². The van der Waals surface area contributed by atoms with Gasteiger partial charge in [0.2, 0.25) is 5.91 Å². The van der Waals surface area contributed by atoms with Crippen molar-refractivity contribution in [2.24, 2.45) is 0 Å². The maximum Gasteiger partial charge on any atom is 0.256 e. The Morgan fingerprint density at radius 3 is 2.58 bits per heavy atom. The second-order valence-corrected chi connectivity index (χ2v) is 5.37. The van der Waals surface area contributed by atoms with Gasteiger partial charge in [-0.3, -0.25) is 9.59 Å². The number of nitrogens with zero attached hydrogens (tertiary/aromatic N) is 1. The summed E-state index contributed by atoms with van der Waals surface area (Å²) in [4.78, 5) is 26.2. The fraction of sp³-hybridized carbons (Fsp3) is 0.222. The molecule has 1 fully saturated rings. The van der Waals surface area contributed by atoms with Gasteiger partial charge in [-0.05, 0) is 24.3 Å². The van der Waals surface area contributed by atoms with Gasteiger partial charge in [0.05, 0.1) is 32.0 Å². The molecule has 1 unspecified atom stereocenters. The van der Waals surface area contributed by atoms with Crippen LogP contribution in [0.4, 0.5) is 11.4 Å². The van der Waals surface area contributed by atoms with Crippen LogP contribution in [0.15, 0.2) is 48.5 Å². The number of imide groups is 1. The van der Waals surface area contributed by atoms with Gasteiger partial charge < -0.3 is 14.8 Å². The van der Waals surface area contributed by atoms with Crippen LogP contribution in [-0.4, -0.2) is 32.1 Å². The minimum atomic E-state index is -0.625. The quantitative estimate of drug-likeness (QED) is 0.855. The van der Waals surface area contributed by atoms with Crippen LogP contribution in [0.2, 0.25) is 0 Å². The second kappa shape index (κ2) is 6.62. The minimum absolute atomic E-state index is 0.0914. The average molecular weight is 326 g/mol. The first-order valence-corrected chi connectivity index (χ1v) is 7.54. The molecule has 1 aliphatic rings. The summed E-state index contributed by atoms with van der Waals surface area (Å²) in [6, 6.07) is 13.5. The van der Waals surface area contributed by atoms with E-state index in [0.29, 0.717) is 22.9 Å². The van der Waals surface area contributed by atoms with Gasteiger partial charge in [0, 0.05) is 6.07 Å². The molecule has 0 aromatic heterocycles. The Kier molecular flexibility index (Phi) is 4.37. The standard InChI is InChI=1S/C18H18N2O4/c1-23-13-7-5-6-12(10-13)20-17(21)11-15(18(20)22)19-14-8-3-4-9-16(14)24-2/h3-10,15,19H,11H2,1-2H3. The van der Waals surface area contributed by atoms with Crippen molar-refractivity contribution in [3.05, 3.63) is 48.5 Å². The van der Waals surface area contributed by atoms with Gasteiger partial charge in [-0.15, -0.1) is 0 Å². The van der Waals surface area contributed by atoms with Crippen molar-refractivity contribution in [3.8, 4) is 11.5 Å². The van der Waals surface area contributed by atoms with Crippen LogP contribution in [0.1, 0.15) is 6.42 Å². The van der Waals surface area contributed by atoms with E-state index in [9.17, 15) is 9.59 Å². The normalized spacial score (nSPS) is 17.1. The first-order valence-electron chi connectivity index (χ1n) is 7.54. The first kappa shape index (κ1) is 15.9. The number of amides is 2. The zero-order valence-electron chi connectivity index (χ0n) is 13.5. The topological polar surface area (TPSA) is 67.9 Å². The highest BCUT2D eigenvalue weighted by Gasteiger charge is 2.40. The first-order chi connectivity index (χ1) is 11.6. The third kappa shape index (κ3) is 2.90. The molecular formula is C18H18N2O4. The van der Waals surface area contributed by atoms with Crippen molar-refractivity contribution in [3.63, 3.8) is 0 Å². The van der Waals surface area contributed by atoms with Crippen LogP contribution < -0.4 is 19.7 Å². The molecule has 0 saturated carbocycles. The monoisotopic (exact) mass is 326 g/mol. The lowest BCUT2D eigenvalue weighted by Crippen LogP contribution is -2.34. The Balaban J connectivity index is 1.83. The maximum absolute atomic E-state index is 12.7. The van der Waals surface area contributed by atoms with Crippen LogP contribution in [-0.2, 0) is 9.59 Å². The van der Waals surface area contributed by atoms with E-state index in [2.05, 4.69) is 5.32 Å². The van der Waals surface area contributed by atoms with E-state index in [0.717, 1.165) is 0 Å². The minimum Gasteiger partial charge on any atom is -0.497 e. The molecule has 24 heavy (non-hydrogen) atoms. The summed E-state index contributed by atoms with van der Waals surface area (Å²) < 4.78 is 10.4. The van der Waals surface area contributed by atoms with Gasteiger partial charge in [-0.2, -0.15) is 0 Å². The highest BCUT2D eigenvalue weighted by molar-refractivity contribution is 6.23. The molecule has 3 rings (SSSR count). The predicted octanol–water partition coefficient (Wildman–Crippen LogP) is 2.45. The molecule has 0 spiro atoms. The van der Waals surface area contributed by atoms with Gasteiger partial charge in [0.25, 0.3) is 5.91 Å². The highest BCUT2D eigenvalue weighted by Crippen LogP contribution is 2.30. The number of nitrogens with one attached hydrogen (secondary N) is 1. The van der Waals surface area contributed by atoms with Crippen molar-refractivity contribution in [1.82, 2.24) is 0 Å². The largest absolute Gasteiger partial charge is 0.497 e. The molecule has 124 valence electrons. The number of para-hydroxylation sites is 2. The molecule has 2 aromatic rings. The SMILES string of the molecule is COc1cccc(N2C(=O)CC(Nc3ccccc3OC)C2=O)c1. The molecule has 6 nitrogen and oxygen atoms in total. The third-order valence-corrected chi connectivity index (χ3v) is 3.89. The molecule has 0 aliphatic carbocycles. The maximum atomic E-state index is 12.7. The second-order valence-electron chi connectivity index (χ2n) is 5.37. The summed E-state index contributed by atoms with van der Waals surface area (Å²) in [6.45, 7) is 0. The van der Waals surface area contributed by atoms with Crippen LogP contribution >= 0.6 is 0 Å². The van der Waals surface area contributed by atoms with Gasteiger partial charge in [0.1, 0.15) is 17.5 Å². The van der Waals surface area contributed by atoms with Crippen molar-refractivity contribution < 1.29 is 19.1 Å². The lowest BCUT2D eigenvalue weighted by Gasteiger charge is -2.17. The summed E-state index contributed by atoms with van der Waals surface area (Å²) in [5.41, 5.74) is 1.19. The van der Waals surface area contributed by atoms with Crippen molar-refractivity contribution >= 4 is 23.2 Å². The molecule has 1 atom stereocenters. The van der Waals surface area contributed by atoms with Crippen LogP contribution in [0, 0.1) is 0 Å². The van der Waals surface area contributed by atoms with Crippen LogP contribution in [0.3, 0.4) is 0 Å². The predicted molar refractivity (Wildman–Crippen MR) is 90.5 cm³/mol. The smallest absolute Gasteiger partial charge is 0.256 e. The molecule has 1 aliphatic heterocycles. The van der Waals surface area contributed by atoms with E-state index in [1.54, 1.807) is 44.6 Å². The van der Waals surface area contributed by atoms with E-state index < -0.39 is 6.04 Å². The zero-order chi connectivity index (χ0) is 17.1. The van der Waals surface area contributed by atoms with E-state index in [1.807, 2.05) is 18.2 Å². The highest BCUT2D eigenvalue weighted by atomic mass is 16.5. The van der Waals surface area contributed by atoms with E-state index in [1.165, 1.54) is 4.90 Å². The zero-order valence-corrected chi connectivity index (χ0v) is 13.5. The Morgan fingerprint density at radius 2 is 1.83 bits per heavy atom. The molecule has 1 heterocycles. The van der Waals surface area contributed by atoms with E-state index in [-0.39, 0.29) is 18.2 Å². The molecule has 0 radical (unpaired) electrons.